The average Bonchev–Trinajstić information content (AvgIpc) is 2.41. The van der Waals surface area contributed by atoms with E-state index in [1.807, 2.05) is 42.5 Å². The van der Waals surface area contributed by atoms with E-state index in [4.69, 9.17) is 5.73 Å². The summed E-state index contributed by atoms with van der Waals surface area (Å²) in [4.78, 5) is 5.80. The third kappa shape index (κ3) is 2.74. The van der Waals surface area contributed by atoms with E-state index in [0.29, 0.717) is 0 Å². The number of halogens is 1. The van der Waals surface area contributed by atoms with Gasteiger partial charge in [0.15, 0.2) is 0 Å². The number of nitrogens with zero attached hydrogens (tertiary/aromatic N) is 1. The normalized spacial score (nSPS) is 10.8. The van der Waals surface area contributed by atoms with E-state index in [1.165, 1.54) is 0 Å². The Balaban J connectivity index is 1.98. The van der Waals surface area contributed by atoms with Crippen LogP contribution in [0.3, 0.4) is 0 Å². The quantitative estimate of drug-likeness (QED) is 0.690. The molecule has 2 nitrogen and oxygen atoms in total. The first kappa shape index (κ1) is 12.5. The number of pyridine rings is 1. The second kappa shape index (κ2) is 5.23. The highest BCUT2D eigenvalue weighted by Gasteiger charge is 2.04. The molecule has 0 amide bonds. The van der Waals surface area contributed by atoms with Crippen LogP contribution in [0.5, 0.6) is 0 Å². The number of benzene rings is 2. The number of anilines is 1. The van der Waals surface area contributed by atoms with Gasteiger partial charge in [0, 0.05) is 20.4 Å². The number of hydrogen-bond acceptors (Lipinski definition) is 3. The summed E-state index contributed by atoms with van der Waals surface area (Å²) in [5.74, 6) is 0. The van der Waals surface area contributed by atoms with E-state index in [9.17, 15) is 0 Å². The predicted octanol–water partition coefficient (Wildman–Crippen LogP) is 4.73. The fourth-order valence-electron chi connectivity index (χ4n) is 1.82. The van der Waals surface area contributed by atoms with E-state index in [-0.39, 0.29) is 0 Å². The van der Waals surface area contributed by atoms with Gasteiger partial charge in [0.1, 0.15) is 5.03 Å². The summed E-state index contributed by atoms with van der Waals surface area (Å²) in [5.41, 5.74) is 7.49. The molecule has 0 unspecified atom stereocenters. The number of nitrogen functional groups attached to an aromatic ring is 1. The molecule has 3 aromatic rings. The van der Waals surface area contributed by atoms with Crippen molar-refractivity contribution in [2.24, 2.45) is 0 Å². The van der Waals surface area contributed by atoms with E-state index in [2.05, 4.69) is 33.0 Å². The van der Waals surface area contributed by atoms with Gasteiger partial charge in [0.05, 0.1) is 5.52 Å². The van der Waals surface area contributed by atoms with Gasteiger partial charge in [0.25, 0.3) is 0 Å². The van der Waals surface area contributed by atoms with Gasteiger partial charge in [0.2, 0.25) is 0 Å². The Morgan fingerprint density at radius 3 is 2.68 bits per heavy atom. The molecule has 94 valence electrons. The lowest BCUT2D eigenvalue weighted by molar-refractivity contribution is 1.18. The van der Waals surface area contributed by atoms with Crippen molar-refractivity contribution in [3.8, 4) is 0 Å². The maximum absolute atomic E-state index is 5.77. The van der Waals surface area contributed by atoms with Gasteiger partial charge in [-0.25, -0.2) is 4.98 Å². The fourth-order valence-corrected chi connectivity index (χ4v) is 3.17. The molecule has 0 aliphatic carbocycles. The predicted molar refractivity (Wildman–Crippen MR) is 84.4 cm³/mol. The van der Waals surface area contributed by atoms with Crippen molar-refractivity contribution in [1.29, 1.82) is 0 Å². The molecule has 0 saturated carbocycles. The molecule has 0 spiro atoms. The molecule has 0 aliphatic heterocycles. The number of nitrogens with two attached hydrogens (primary N) is 1. The molecule has 3 rings (SSSR count). The SMILES string of the molecule is Nc1ccc2nc(Sc3ccccc3Br)ccc2c1. The first-order chi connectivity index (χ1) is 9.22. The van der Waals surface area contributed by atoms with Crippen LogP contribution in [0, 0.1) is 0 Å². The van der Waals surface area contributed by atoms with Crippen molar-refractivity contribution in [3.05, 3.63) is 59.1 Å². The van der Waals surface area contributed by atoms with E-state index < -0.39 is 0 Å². The van der Waals surface area contributed by atoms with Gasteiger partial charge in [-0.05, 0) is 52.3 Å². The van der Waals surface area contributed by atoms with Crippen LogP contribution in [-0.4, -0.2) is 4.98 Å². The van der Waals surface area contributed by atoms with Crippen LogP contribution in [0.1, 0.15) is 0 Å². The highest BCUT2D eigenvalue weighted by atomic mass is 79.9. The molecule has 0 aliphatic rings. The summed E-state index contributed by atoms with van der Waals surface area (Å²) in [6, 6.07) is 18.0. The second-order valence-corrected chi connectivity index (χ2v) is 6.05. The zero-order valence-corrected chi connectivity index (χ0v) is 12.4. The molecule has 19 heavy (non-hydrogen) atoms. The first-order valence-corrected chi connectivity index (χ1v) is 7.42. The van der Waals surface area contributed by atoms with Crippen molar-refractivity contribution in [2.75, 3.05) is 5.73 Å². The molecule has 0 bridgehead atoms. The molecule has 1 aromatic heterocycles. The van der Waals surface area contributed by atoms with Gasteiger partial charge in [-0.2, -0.15) is 0 Å². The Labute approximate surface area is 124 Å². The van der Waals surface area contributed by atoms with Crippen molar-refractivity contribution < 1.29 is 0 Å². The molecule has 0 radical (unpaired) electrons. The Hall–Kier alpha value is -1.52. The van der Waals surface area contributed by atoms with Gasteiger partial charge in [-0.15, -0.1) is 0 Å². The summed E-state index contributed by atoms with van der Waals surface area (Å²) in [6.45, 7) is 0. The summed E-state index contributed by atoms with van der Waals surface area (Å²) < 4.78 is 1.08. The molecule has 2 N–H and O–H groups in total. The second-order valence-electron chi connectivity index (χ2n) is 4.13. The molecule has 0 saturated heterocycles. The van der Waals surface area contributed by atoms with Crippen molar-refractivity contribution in [3.63, 3.8) is 0 Å². The summed E-state index contributed by atoms with van der Waals surface area (Å²) in [5, 5.41) is 2.04. The maximum Gasteiger partial charge on any atom is 0.102 e. The lowest BCUT2D eigenvalue weighted by Gasteiger charge is -2.05. The topological polar surface area (TPSA) is 38.9 Å². The first-order valence-electron chi connectivity index (χ1n) is 5.81. The molecule has 4 heteroatoms. The molecule has 2 aromatic carbocycles. The minimum atomic E-state index is 0.764. The summed E-state index contributed by atoms with van der Waals surface area (Å²) in [6.07, 6.45) is 0. The zero-order chi connectivity index (χ0) is 13.2. The number of aromatic nitrogens is 1. The molecule has 1 heterocycles. The van der Waals surface area contributed by atoms with E-state index in [1.54, 1.807) is 11.8 Å². The fraction of sp³-hybridized carbons (Fsp3) is 0. The van der Waals surface area contributed by atoms with Crippen LogP contribution in [0.25, 0.3) is 10.9 Å². The third-order valence-corrected chi connectivity index (χ3v) is 4.71. The highest BCUT2D eigenvalue weighted by molar-refractivity contribution is 9.10. The smallest absolute Gasteiger partial charge is 0.102 e. The highest BCUT2D eigenvalue weighted by Crippen LogP contribution is 2.33. The van der Waals surface area contributed by atoms with Crippen molar-refractivity contribution in [1.82, 2.24) is 4.98 Å². The van der Waals surface area contributed by atoms with Crippen LogP contribution >= 0.6 is 27.7 Å². The number of hydrogen-bond donors (Lipinski definition) is 1. The molecule has 0 atom stereocenters. The third-order valence-electron chi connectivity index (χ3n) is 2.74. The van der Waals surface area contributed by atoms with Crippen LogP contribution in [0.2, 0.25) is 0 Å². The molecular formula is C15H11BrN2S. The monoisotopic (exact) mass is 330 g/mol. The lowest BCUT2D eigenvalue weighted by atomic mass is 10.2. The van der Waals surface area contributed by atoms with Crippen LogP contribution in [0.15, 0.2) is 69.0 Å². The van der Waals surface area contributed by atoms with Crippen LogP contribution < -0.4 is 5.73 Å². The minimum Gasteiger partial charge on any atom is -0.399 e. The van der Waals surface area contributed by atoms with Gasteiger partial charge in [-0.3, -0.25) is 0 Å². The van der Waals surface area contributed by atoms with Crippen LogP contribution in [0.4, 0.5) is 5.69 Å². The lowest BCUT2D eigenvalue weighted by Crippen LogP contribution is -1.87. The maximum atomic E-state index is 5.77. The Morgan fingerprint density at radius 2 is 1.84 bits per heavy atom. The summed E-state index contributed by atoms with van der Waals surface area (Å²) in [7, 11) is 0. The number of fused-ring (bicyclic) bond motifs is 1. The standard InChI is InChI=1S/C15H11BrN2S/c16-12-3-1-2-4-14(12)19-15-8-5-10-9-11(17)6-7-13(10)18-15/h1-9H,17H2. The molecule has 0 fully saturated rings. The van der Waals surface area contributed by atoms with Crippen LogP contribution in [-0.2, 0) is 0 Å². The molecular weight excluding hydrogens is 320 g/mol. The average molecular weight is 331 g/mol. The Bertz CT molecular complexity index is 743. The van der Waals surface area contributed by atoms with E-state index >= 15 is 0 Å². The Kier molecular flexibility index (Phi) is 3.44. The Morgan fingerprint density at radius 1 is 1.00 bits per heavy atom. The zero-order valence-electron chi connectivity index (χ0n) is 10.0. The van der Waals surface area contributed by atoms with Crippen molar-refractivity contribution >= 4 is 44.3 Å². The van der Waals surface area contributed by atoms with Crippen molar-refractivity contribution in [2.45, 2.75) is 9.92 Å². The summed E-state index contributed by atoms with van der Waals surface area (Å²) >= 11 is 5.19. The minimum absolute atomic E-state index is 0.764. The van der Waals surface area contributed by atoms with E-state index in [0.717, 1.165) is 31.0 Å². The van der Waals surface area contributed by atoms with Gasteiger partial charge in [-0.1, -0.05) is 30.0 Å². The number of rotatable bonds is 2. The largest absolute Gasteiger partial charge is 0.399 e. The van der Waals surface area contributed by atoms with Gasteiger partial charge >= 0.3 is 0 Å². The van der Waals surface area contributed by atoms with Gasteiger partial charge < -0.3 is 5.73 Å².